The monoisotopic (exact) mass is 268 g/mol. The van der Waals surface area contributed by atoms with Gasteiger partial charge < -0.3 is 9.88 Å². The number of H-pyrrole nitrogens is 1. The second kappa shape index (κ2) is 4.63. The predicted molar refractivity (Wildman–Crippen MR) is 78.2 cm³/mol. The van der Waals surface area contributed by atoms with Crippen LogP contribution >= 0.6 is 0 Å². The fourth-order valence-electron chi connectivity index (χ4n) is 2.75. The topological polar surface area (TPSA) is 53.2 Å². The van der Waals surface area contributed by atoms with Gasteiger partial charge in [-0.15, -0.1) is 0 Å². The predicted octanol–water partition coefficient (Wildman–Crippen LogP) is 2.27. The summed E-state index contributed by atoms with van der Waals surface area (Å²) in [6.45, 7) is 3.80. The zero-order chi connectivity index (χ0) is 14.3. The summed E-state index contributed by atoms with van der Waals surface area (Å²) in [4.78, 5) is 29.3. The molecule has 4 nitrogen and oxygen atoms in total. The van der Waals surface area contributed by atoms with E-state index in [1.807, 2.05) is 31.2 Å². The number of aromatic amines is 1. The molecule has 0 saturated carbocycles. The summed E-state index contributed by atoms with van der Waals surface area (Å²) in [5.74, 6) is -0.233. The van der Waals surface area contributed by atoms with Gasteiger partial charge in [0.15, 0.2) is 5.43 Å². The number of anilines is 1. The Morgan fingerprint density at radius 3 is 2.85 bits per heavy atom. The number of nitrogens with one attached hydrogen (secondary N) is 1. The minimum absolute atomic E-state index is 0.0700. The molecule has 2 heterocycles. The van der Waals surface area contributed by atoms with E-state index >= 15 is 0 Å². The Kier molecular flexibility index (Phi) is 2.93. The fraction of sp³-hybridized carbons (Fsp3) is 0.250. The lowest BCUT2D eigenvalue weighted by Crippen LogP contribution is -2.38. The van der Waals surface area contributed by atoms with Gasteiger partial charge in [0.1, 0.15) is 5.56 Å². The minimum atomic E-state index is -0.233. The molecule has 1 aromatic heterocycles. The molecule has 1 aliphatic rings. The SMILES string of the molecule is Cc1cc(=O)c(C(=O)N2c3ccccc3C[C@@H]2C)c[nH]1. The van der Waals surface area contributed by atoms with Crippen molar-refractivity contribution in [2.24, 2.45) is 0 Å². The number of benzene rings is 1. The molecule has 0 spiro atoms. The molecule has 0 radical (unpaired) electrons. The van der Waals surface area contributed by atoms with Crippen LogP contribution in [0, 0.1) is 6.92 Å². The Labute approximate surface area is 117 Å². The van der Waals surface area contributed by atoms with Crippen LogP contribution in [0.2, 0.25) is 0 Å². The lowest BCUT2D eigenvalue weighted by atomic mass is 10.1. The lowest BCUT2D eigenvalue weighted by Gasteiger charge is -2.22. The Hall–Kier alpha value is -2.36. The number of carbonyl (C=O) groups is 1. The van der Waals surface area contributed by atoms with E-state index in [0.29, 0.717) is 0 Å². The summed E-state index contributed by atoms with van der Waals surface area (Å²) >= 11 is 0. The molecule has 3 rings (SSSR count). The van der Waals surface area contributed by atoms with Crippen molar-refractivity contribution in [1.82, 2.24) is 4.98 Å². The molecule has 1 atom stereocenters. The van der Waals surface area contributed by atoms with Gasteiger partial charge in [-0.3, -0.25) is 9.59 Å². The minimum Gasteiger partial charge on any atom is -0.364 e. The van der Waals surface area contributed by atoms with Crippen LogP contribution in [-0.2, 0) is 6.42 Å². The smallest absolute Gasteiger partial charge is 0.264 e. The molecule has 20 heavy (non-hydrogen) atoms. The molecule has 4 heteroatoms. The molecule has 0 bridgehead atoms. The first-order valence-electron chi connectivity index (χ1n) is 6.68. The van der Waals surface area contributed by atoms with Crippen LogP contribution in [0.3, 0.4) is 0 Å². The fourth-order valence-corrected chi connectivity index (χ4v) is 2.75. The van der Waals surface area contributed by atoms with Gasteiger partial charge in [0.2, 0.25) is 0 Å². The van der Waals surface area contributed by atoms with E-state index in [1.165, 1.54) is 12.3 Å². The van der Waals surface area contributed by atoms with E-state index in [-0.39, 0.29) is 22.9 Å². The molecule has 1 amide bonds. The van der Waals surface area contributed by atoms with Gasteiger partial charge in [-0.2, -0.15) is 0 Å². The molecule has 0 saturated heterocycles. The van der Waals surface area contributed by atoms with Crippen LogP contribution in [-0.4, -0.2) is 16.9 Å². The maximum Gasteiger partial charge on any atom is 0.264 e. The molecule has 1 aliphatic heterocycles. The van der Waals surface area contributed by atoms with E-state index in [9.17, 15) is 9.59 Å². The highest BCUT2D eigenvalue weighted by molar-refractivity contribution is 6.07. The first kappa shape index (κ1) is 12.7. The standard InChI is InChI=1S/C16H16N2O2/c1-10-7-15(19)13(9-17-10)16(20)18-11(2)8-12-5-3-4-6-14(12)18/h3-7,9,11H,8H2,1-2H3,(H,17,19)/t11-/m0/s1. The van der Waals surface area contributed by atoms with Crippen LogP contribution < -0.4 is 10.3 Å². The van der Waals surface area contributed by atoms with E-state index in [2.05, 4.69) is 4.98 Å². The number of nitrogens with zero attached hydrogens (tertiary/aromatic N) is 1. The molecular formula is C16H16N2O2. The summed E-state index contributed by atoms with van der Waals surface area (Å²) in [6, 6.07) is 9.37. The van der Waals surface area contributed by atoms with Gasteiger partial charge in [0, 0.05) is 29.7 Å². The Bertz CT molecular complexity index is 733. The molecular weight excluding hydrogens is 252 g/mol. The van der Waals surface area contributed by atoms with E-state index in [0.717, 1.165) is 23.4 Å². The molecule has 1 aromatic carbocycles. The highest BCUT2D eigenvalue weighted by atomic mass is 16.2. The summed E-state index contributed by atoms with van der Waals surface area (Å²) in [7, 11) is 0. The zero-order valence-electron chi connectivity index (χ0n) is 11.5. The number of aromatic nitrogens is 1. The van der Waals surface area contributed by atoms with Crippen molar-refractivity contribution in [1.29, 1.82) is 0 Å². The first-order chi connectivity index (χ1) is 9.58. The first-order valence-corrected chi connectivity index (χ1v) is 6.68. The van der Waals surface area contributed by atoms with Gasteiger partial charge in [0.05, 0.1) is 0 Å². The number of rotatable bonds is 1. The van der Waals surface area contributed by atoms with Crippen LogP contribution in [0.25, 0.3) is 0 Å². The number of carbonyl (C=O) groups excluding carboxylic acids is 1. The van der Waals surface area contributed by atoms with Gasteiger partial charge in [-0.05, 0) is 31.9 Å². The third kappa shape index (κ3) is 1.93. The number of hydrogen-bond acceptors (Lipinski definition) is 2. The van der Waals surface area contributed by atoms with Gasteiger partial charge >= 0.3 is 0 Å². The molecule has 102 valence electrons. The van der Waals surface area contributed by atoms with Crippen molar-refractivity contribution in [3.8, 4) is 0 Å². The van der Waals surface area contributed by atoms with Crippen LogP contribution in [0.15, 0.2) is 41.3 Å². The van der Waals surface area contributed by atoms with Crippen LogP contribution in [0.4, 0.5) is 5.69 Å². The van der Waals surface area contributed by atoms with E-state index < -0.39 is 0 Å². The number of hydrogen-bond donors (Lipinski definition) is 1. The Balaban J connectivity index is 2.05. The number of pyridine rings is 1. The van der Waals surface area contributed by atoms with Crippen LogP contribution in [0.1, 0.15) is 28.5 Å². The van der Waals surface area contributed by atoms with Crippen LogP contribution in [0.5, 0.6) is 0 Å². The molecule has 1 N–H and O–H groups in total. The van der Waals surface area contributed by atoms with Gasteiger partial charge in [0.25, 0.3) is 5.91 Å². The van der Waals surface area contributed by atoms with E-state index in [4.69, 9.17) is 0 Å². The summed E-state index contributed by atoms with van der Waals surface area (Å²) in [6.07, 6.45) is 2.33. The summed E-state index contributed by atoms with van der Waals surface area (Å²) in [5, 5.41) is 0. The average molecular weight is 268 g/mol. The molecule has 0 aliphatic carbocycles. The molecule has 0 fully saturated rings. The lowest BCUT2D eigenvalue weighted by molar-refractivity contribution is 0.0980. The highest BCUT2D eigenvalue weighted by Gasteiger charge is 2.32. The third-order valence-corrected chi connectivity index (χ3v) is 3.71. The third-order valence-electron chi connectivity index (χ3n) is 3.71. The summed E-state index contributed by atoms with van der Waals surface area (Å²) < 4.78 is 0. The second-order valence-corrected chi connectivity index (χ2v) is 5.25. The van der Waals surface area contributed by atoms with Crippen molar-refractivity contribution >= 4 is 11.6 Å². The largest absolute Gasteiger partial charge is 0.364 e. The normalized spacial score (nSPS) is 17.1. The maximum absolute atomic E-state index is 12.7. The van der Waals surface area contributed by atoms with Crippen molar-refractivity contribution in [3.63, 3.8) is 0 Å². The number of aryl methyl sites for hydroxylation is 1. The number of amides is 1. The Morgan fingerprint density at radius 1 is 1.35 bits per heavy atom. The average Bonchev–Trinajstić information content (AvgIpc) is 2.73. The van der Waals surface area contributed by atoms with Crippen molar-refractivity contribution in [3.05, 3.63) is 63.6 Å². The highest BCUT2D eigenvalue weighted by Crippen LogP contribution is 2.32. The van der Waals surface area contributed by atoms with Gasteiger partial charge in [-0.1, -0.05) is 18.2 Å². The Morgan fingerprint density at radius 2 is 2.10 bits per heavy atom. The molecule has 0 unspecified atom stereocenters. The second-order valence-electron chi connectivity index (χ2n) is 5.25. The van der Waals surface area contributed by atoms with Crippen molar-refractivity contribution in [2.75, 3.05) is 4.90 Å². The van der Waals surface area contributed by atoms with Gasteiger partial charge in [-0.25, -0.2) is 0 Å². The molecule has 2 aromatic rings. The zero-order valence-corrected chi connectivity index (χ0v) is 11.5. The number of fused-ring (bicyclic) bond motifs is 1. The van der Waals surface area contributed by atoms with E-state index in [1.54, 1.807) is 11.8 Å². The van der Waals surface area contributed by atoms with Crippen molar-refractivity contribution in [2.45, 2.75) is 26.3 Å². The quantitative estimate of drug-likeness (QED) is 0.862. The maximum atomic E-state index is 12.7. The van der Waals surface area contributed by atoms with Crippen molar-refractivity contribution < 1.29 is 4.79 Å². The number of para-hydroxylation sites is 1. The summed E-state index contributed by atoms with van der Waals surface area (Å²) in [5.41, 5.74) is 2.77.